The van der Waals surface area contributed by atoms with Gasteiger partial charge in [-0.25, -0.2) is 0 Å². The van der Waals surface area contributed by atoms with Crippen LogP contribution >= 0.6 is 0 Å². The lowest BCUT2D eigenvalue weighted by Gasteiger charge is -2.07. The van der Waals surface area contributed by atoms with E-state index < -0.39 is 0 Å². The second-order valence-corrected chi connectivity index (χ2v) is 4.44. The third-order valence-corrected chi connectivity index (χ3v) is 2.81. The van der Waals surface area contributed by atoms with Gasteiger partial charge in [-0.1, -0.05) is 6.92 Å². The SMILES string of the molecule is CCCNc1ccnc(C(=O)NCCc2ccco2)c1. The lowest BCUT2D eigenvalue weighted by Crippen LogP contribution is -2.26. The van der Waals surface area contributed by atoms with E-state index in [4.69, 9.17) is 4.42 Å². The lowest BCUT2D eigenvalue weighted by molar-refractivity contribution is 0.0949. The molecule has 0 radical (unpaired) electrons. The fourth-order valence-corrected chi connectivity index (χ4v) is 1.78. The van der Waals surface area contributed by atoms with Gasteiger partial charge < -0.3 is 15.1 Å². The molecule has 5 nitrogen and oxygen atoms in total. The van der Waals surface area contributed by atoms with Crippen LogP contribution in [0.15, 0.2) is 41.1 Å². The Morgan fingerprint density at radius 2 is 2.25 bits per heavy atom. The van der Waals surface area contributed by atoms with Crippen LogP contribution in [0.25, 0.3) is 0 Å². The van der Waals surface area contributed by atoms with Crippen molar-refractivity contribution in [3.05, 3.63) is 48.2 Å². The van der Waals surface area contributed by atoms with E-state index in [1.807, 2.05) is 18.2 Å². The summed E-state index contributed by atoms with van der Waals surface area (Å²) in [5.74, 6) is 0.688. The molecular formula is C15H19N3O2. The minimum Gasteiger partial charge on any atom is -0.469 e. The number of hydrogen-bond donors (Lipinski definition) is 2. The first-order chi connectivity index (χ1) is 9.79. The summed E-state index contributed by atoms with van der Waals surface area (Å²) in [6.07, 6.45) is 4.97. The van der Waals surface area contributed by atoms with E-state index >= 15 is 0 Å². The highest BCUT2D eigenvalue weighted by atomic mass is 16.3. The van der Waals surface area contributed by atoms with Gasteiger partial charge in [-0.3, -0.25) is 9.78 Å². The minimum atomic E-state index is -0.170. The molecule has 0 spiro atoms. The molecular weight excluding hydrogens is 254 g/mol. The van der Waals surface area contributed by atoms with Gasteiger partial charge >= 0.3 is 0 Å². The number of amides is 1. The van der Waals surface area contributed by atoms with Crippen molar-refractivity contribution < 1.29 is 9.21 Å². The summed E-state index contributed by atoms with van der Waals surface area (Å²) in [6, 6.07) is 7.34. The fraction of sp³-hybridized carbons (Fsp3) is 0.333. The average Bonchev–Trinajstić information content (AvgIpc) is 2.98. The average molecular weight is 273 g/mol. The molecule has 0 fully saturated rings. The summed E-state index contributed by atoms with van der Waals surface area (Å²) in [6.45, 7) is 3.50. The molecule has 0 aromatic carbocycles. The van der Waals surface area contributed by atoms with Crippen molar-refractivity contribution in [2.24, 2.45) is 0 Å². The molecule has 0 aliphatic rings. The normalized spacial score (nSPS) is 10.2. The number of furan rings is 1. The quantitative estimate of drug-likeness (QED) is 0.813. The Labute approximate surface area is 118 Å². The Balaban J connectivity index is 1.85. The molecule has 2 aromatic heterocycles. The van der Waals surface area contributed by atoms with Crippen molar-refractivity contribution in [3.8, 4) is 0 Å². The summed E-state index contributed by atoms with van der Waals surface area (Å²) >= 11 is 0. The maximum absolute atomic E-state index is 12.0. The molecule has 2 heterocycles. The first-order valence-electron chi connectivity index (χ1n) is 6.80. The summed E-state index contributed by atoms with van der Waals surface area (Å²) in [4.78, 5) is 16.1. The molecule has 20 heavy (non-hydrogen) atoms. The van der Waals surface area contributed by atoms with E-state index in [-0.39, 0.29) is 5.91 Å². The zero-order chi connectivity index (χ0) is 14.2. The van der Waals surface area contributed by atoms with Crippen LogP contribution in [0.4, 0.5) is 5.69 Å². The van der Waals surface area contributed by atoms with Crippen molar-refractivity contribution in [2.45, 2.75) is 19.8 Å². The van der Waals surface area contributed by atoms with Crippen LogP contribution < -0.4 is 10.6 Å². The molecule has 0 aliphatic heterocycles. The van der Waals surface area contributed by atoms with Crippen LogP contribution in [0, 0.1) is 0 Å². The van der Waals surface area contributed by atoms with Gasteiger partial charge in [0, 0.05) is 31.4 Å². The van der Waals surface area contributed by atoms with Crippen molar-refractivity contribution in [1.29, 1.82) is 0 Å². The van der Waals surface area contributed by atoms with Gasteiger partial charge in [-0.05, 0) is 30.7 Å². The maximum atomic E-state index is 12.0. The van der Waals surface area contributed by atoms with Crippen LogP contribution in [0.3, 0.4) is 0 Å². The highest BCUT2D eigenvalue weighted by molar-refractivity contribution is 5.93. The van der Waals surface area contributed by atoms with Gasteiger partial charge in [-0.2, -0.15) is 0 Å². The molecule has 2 rings (SSSR count). The number of rotatable bonds is 7. The molecule has 0 unspecified atom stereocenters. The molecule has 0 aliphatic carbocycles. The molecule has 5 heteroatoms. The van der Waals surface area contributed by atoms with E-state index in [9.17, 15) is 4.79 Å². The van der Waals surface area contributed by atoms with Crippen LogP contribution in [0.5, 0.6) is 0 Å². The minimum absolute atomic E-state index is 0.170. The predicted octanol–water partition coefficient (Wildman–Crippen LogP) is 2.47. The van der Waals surface area contributed by atoms with Crippen molar-refractivity contribution in [3.63, 3.8) is 0 Å². The smallest absolute Gasteiger partial charge is 0.269 e. The number of nitrogens with zero attached hydrogens (tertiary/aromatic N) is 1. The second-order valence-electron chi connectivity index (χ2n) is 4.44. The number of hydrogen-bond acceptors (Lipinski definition) is 4. The van der Waals surface area contributed by atoms with Crippen molar-refractivity contribution in [2.75, 3.05) is 18.4 Å². The van der Waals surface area contributed by atoms with E-state index in [0.717, 1.165) is 24.4 Å². The first kappa shape index (κ1) is 14.1. The topological polar surface area (TPSA) is 67.2 Å². The summed E-state index contributed by atoms with van der Waals surface area (Å²) in [7, 11) is 0. The van der Waals surface area contributed by atoms with E-state index in [0.29, 0.717) is 18.7 Å². The van der Waals surface area contributed by atoms with Gasteiger partial charge in [0.05, 0.1) is 6.26 Å². The monoisotopic (exact) mass is 273 g/mol. The number of carbonyl (C=O) groups is 1. The van der Waals surface area contributed by atoms with Crippen LogP contribution in [0.1, 0.15) is 29.6 Å². The highest BCUT2D eigenvalue weighted by Crippen LogP contribution is 2.08. The zero-order valence-corrected chi connectivity index (χ0v) is 11.6. The van der Waals surface area contributed by atoms with E-state index in [1.165, 1.54) is 0 Å². The molecule has 0 saturated carbocycles. The molecule has 1 amide bonds. The Bertz CT molecular complexity index is 538. The molecule has 0 saturated heterocycles. The molecule has 0 bridgehead atoms. The number of pyridine rings is 1. The molecule has 0 atom stereocenters. The van der Waals surface area contributed by atoms with Crippen molar-refractivity contribution >= 4 is 11.6 Å². The molecule has 106 valence electrons. The largest absolute Gasteiger partial charge is 0.469 e. The number of anilines is 1. The Hall–Kier alpha value is -2.30. The second kappa shape index (κ2) is 7.33. The summed E-state index contributed by atoms with van der Waals surface area (Å²) < 4.78 is 5.21. The van der Waals surface area contributed by atoms with Gasteiger partial charge in [0.1, 0.15) is 11.5 Å². The maximum Gasteiger partial charge on any atom is 0.269 e. The molecule has 2 aromatic rings. The van der Waals surface area contributed by atoms with Crippen LogP contribution in [-0.2, 0) is 6.42 Å². The predicted molar refractivity (Wildman–Crippen MR) is 77.8 cm³/mol. The lowest BCUT2D eigenvalue weighted by atomic mass is 10.2. The number of nitrogens with one attached hydrogen (secondary N) is 2. The van der Waals surface area contributed by atoms with E-state index in [1.54, 1.807) is 18.5 Å². The van der Waals surface area contributed by atoms with Gasteiger partial charge in [0.25, 0.3) is 5.91 Å². The van der Waals surface area contributed by atoms with Gasteiger partial charge in [0.2, 0.25) is 0 Å². The Morgan fingerprint density at radius 3 is 3.00 bits per heavy atom. The van der Waals surface area contributed by atoms with Crippen molar-refractivity contribution in [1.82, 2.24) is 10.3 Å². The standard InChI is InChI=1S/C15H19N3O2/c1-2-7-16-12-5-8-17-14(11-12)15(19)18-9-6-13-4-3-10-20-13/h3-5,8,10-11H,2,6-7,9H2,1H3,(H,16,17)(H,18,19). The number of carbonyl (C=O) groups excluding carboxylic acids is 1. The summed E-state index contributed by atoms with van der Waals surface area (Å²) in [5, 5.41) is 6.06. The van der Waals surface area contributed by atoms with Crippen LogP contribution in [0.2, 0.25) is 0 Å². The van der Waals surface area contributed by atoms with Gasteiger partial charge in [0.15, 0.2) is 0 Å². The third-order valence-electron chi connectivity index (χ3n) is 2.81. The number of aromatic nitrogens is 1. The van der Waals surface area contributed by atoms with Crippen LogP contribution in [-0.4, -0.2) is 24.0 Å². The Morgan fingerprint density at radius 1 is 1.35 bits per heavy atom. The molecule has 2 N–H and O–H groups in total. The third kappa shape index (κ3) is 4.12. The Kier molecular flexibility index (Phi) is 5.17. The summed E-state index contributed by atoms with van der Waals surface area (Å²) in [5.41, 5.74) is 1.34. The first-order valence-corrected chi connectivity index (χ1v) is 6.80. The van der Waals surface area contributed by atoms with Gasteiger partial charge in [-0.15, -0.1) is 0 Å². The van der Waals surface area contributed by atoms with E-state index in [2.05, 4.69) is 22.5 Å². The zero-order valence-electron chi connectivity index (χ0n) is 11.6. The highest BCUT2D eigenvalue weighted by Gasteiger charge is 2.07. The fourth-order valence-electron chi connectivity index (χ4n) is 1.78.